The molecule has 4 rings (SSSR count). The quantitative estimate of drug-likeness (QED) is 0.383. The number of hydrogen-bond acceptors (Lipinski definition) is 9. The first-order valence-electron chi connectivity index (χ1n) is 11.9. The number of fused-ring (bicyclic) bond motifs is 1. The first kappa shape index (κ1) is 26.6. The fraction of sp³-hybridized carbons (Fsp3) is 0.370. The van der Waals surface area contributed by atoms with E-state index >= 15 is 0 Å². The summed E-state index contributed by atoms with van der Waals surface area (Å²) in [7, 11) is 4.63. The summed E-state index contributed by atoms with van der Waals surface area (Å²) in [5.41, 5.74) is 3.09. The summed E-state index contributed by atoms with van der Waals surface area (Å²) in [5.74, 6) is 1.31. The van der Waals surface area contributed by atoms with Gasteiger partial charge in [-0.2, -0.15) is 0 Å². The Morgan fingerprint density at radius 2 is 1.86 bits per heavy atom. The smallest absolute Gasteiger partial charge is 0.338 e. The number of anilines is 1. The van der Waals surface area contributed by atoms with Crippen LogP contribution in [0, 0.1) is 0 Å². The Hall–Kier alpha value is -3.50. The number of amidine groups is 1. The minimum absolute atomic E-state index is 0.171. The van der Waals surface area contributed by atoms with Gasteiger partial charge in [0.1, 0.15) is 18.1 Å². The third-order valence-electron chi connectivity index (χ3n) is 6.14. The van der Waals surface area contributed by atoms with Gasteiger partial charge in [-0.15, -0.1) is 0 Å². The third-order valence-corrected chi connectivity index (χ3v) is 7.21. The lowest BCUT2D eigenvalue weighted by Gasteiger charge is -2.40. The first-order valence-corrected chi connectivity index (χ1v) is 12.9. The lowest BCUT2D eigenvalue weighted by atomic mass is 9.94. The molecule has 0 saturated carbocycles. The number of amides is 1. The average molecular weight is 526 g/mol. The third kappa shape index (κ3) is 5.91. The number of carbonyl (C=O) groups is 2. The van der Waals surface area contributed by atoms with Crippen molar-refractivity contribution >= 4 is 34.5 Å². The molecular weight excluding hydrogens is 494 g/mol. The van der Waals surface area contributed by atoms with Gasteiger partial charge in [-0.25, -0.2) is 9.79 Å². The molecule has 2 aliphatic rings. The molecule has 1 fully saturated rings. The van der Waals surface area contributed by atoms with E-state index in [1.165, 1.54) is 7.11 Å². The number of thioether (sulfide) groups is 1. The molecular formula is C27H31N3O6S. The summed E-state index contributed by atoms with van der Waals surface area (Å²) in [6.07, 6.45) is 0.989. The molecule has 2 heterocycles. The monoisotopic (exact) mass is 525 g/mol. The highest BCUT2D eigenvalue weighted by Crippen LogP contribution is 2.40. The van der Waals surface area contributed by atoms with Crippen LogP contribution in [0.1, 0.15) is 35.3 Å². The minimum atomic E-state index is -0.401. The summed E-state index contributed by atoms with van der Waals surface area (Å²) in [6.45, 7) is 3.12. The van der Waals surface area contributed by atoms with Gasteiger partial charge in [0.2, 0.25) is 0 Å². The van der Waals surface area contributed by atoms with Crippen LogP contribution >= 0.6 is 11.8 Å². The lowest BCUT2D eigenvalue weighted by Crippen LogP contribution is -2.42. The number of rotatable bonds is 9. The van der Waals surface area contributed by atoms with Crippen LogP contribution in [0.25, 0.3) is 0 Å². The number of esters is 1. The van der Waals surface area contributed by atoms with Crippen LogP contribution in [0.5, 0.6) is 11.5 Å². The molecule has 0 bridgehead atoms. The van der Waals surface area contributed by atoms with Crippen LogP contribution in [0.4, 0.5) is 5.69 Å². The Labute approximate surface area is 220 Å². The molecule has 2 aliphatic heterocycles. The molecule has 0 aliphatic carbocycles. The van der Waals surface area contributed by atoms with E-state index in [0.29, 0.717) is 40.6 Å². The molecule has 1 amide bonds. The molecule has 10 heteroatoms. The molecule has 1 unspecified atom stereocenters. The SMILES string of the molecule is COCCOC(=O)C1=C(C)N=C2SCCCN2C1c1ccc(NC(=O)c2ccc(OC)cc2OC)cc1. The van der Waals surface area contributed by atoms with E-state index in [-0.39, 0.29) is 18.6 Å². The number of carbonyl (C=O) groups excluding carboxylic acids is 2. The second-order valence-electron chi connectivity index (χ2n) is 8.46. The standard InChI is InChI=1S/C27H31N3O6S/c1-17-23(26(32)36-14-13-33-2)24(30-12-5-15-37-27(30)28-17)18-6-8-19(9-7-18)29-25(31)21-11-10-20(34-3)16-22(21)35-4/h6-11,16,24H,5,12-15H2,1-4H3,(H,29,31). The molecule has 9 nitrogen and oxygen atoms in total. The van der Waals surface area contributed by atoms with E-state index in [1.54, 1.807) is 44.2 Å². The van der Waals surface area contributed by atoms with Crippen LogP contribution in [0.3, 0.4) is 0 Å². The van der Waals surface area contributed by atoms with Gasteiger partial charge in [0.15, 0.2) is 5.17 Å². The predicted octanol–water partition coefficient (Wildman–Crippen LogP) is 4.27. The molecule has 0 spiro atoms. The van der Waals surface area contributed by atoms with Crippen molar-refractivity contribution in [1.29, 1.82) is 0 Å². The van der Waals surface area contributed by atoms with Gasteiger partial charge in [-0.1, -0.05) is 23.9 Å². The van der Waals surface area contributed by atoms with Crippen molar-refractivity contribution in [3.63, 3.8) is 0 Å². The van der Waals surface area contributed by atoms with Crippen molar-refractivity contribution in [1.82, 2.24) is 4.90 Å². The second-order valence-corrected chi connectivity index (χ2v) is 9.52. The van der Waals surface area contributed by atoms with E-state index in [2.05, 4.69) is 10.2 Å². The number of benzene rings is 2. The number of allylic oxidation sites excluding steroid dienone is 1. The second kappa shape index (κ2) is 12.2. The van der Waals surface area contributed by atoms with Gasteiger partial charge >= 0.3 is 5.97 Å². The maximum Gasteiger partial charge on any atom is 0.338 e. The van der Waals surface area contributed by atoms with Crippen molar-refractivity contribution < 1.29 is 28.5 Å². The summed E-state index contributed by atoms with van der Waals surface area (Å²) in [4.78, 5) is 32.9. The molecule has 0 aromatic heterocycles. The van der Waals surface area contributed by atoms with Crippen molar-refractivity contribution in [2.24, 2.45) is 4.99 Å². The van der Waals surface area contributed by atoms with Crippen molar-refractivity contribution in [2.45, 2.75) is 19.4 Å². The summed E-state index contributed by atoms with van der Waals surface area (Å²) < 4.78 is 21.1. The van der Waals surface area contributed by atoms with Crippen LogP contribution in [-0.2, 0) is 14.3 Å². The molecule has 2 aromatic rings. The topological polar surface area (TPSA) is 98.7 Å². The van der Waals surface area contributed by atoms with Gasteiger partial charge in [-0.3, -0.25) is 4.79 Å². The van der Waals surface area contributed by atoms with E-state index in [4.69, 9.17) is 23.9 Å². The molecule has 196 valence electrons. The normalized spacial score (nSPS) is 17.0. The van der Waals surface area contributed by atoms with Crippen molar-refractivity contribution in [2.75, 3.05) is 52.2 Å². The highest BCUT2D eigenvalue weighted by atomic mass is 32.2. The number of hydrogen-bond donors (Lipinski definition) is 1. The van der Waals surface area contributed by atoms with Gasteiger partial charge in [0.05, 0.1) is 43.7 Å². The largest absolute Gasteiger partial charge is 0.497 e. The van der Waals surface area contributed by atoms with E-state index in [0.717, 1.165) is 29.4 Å². The zero-order valence-corrected chi connectivity index (χ0v) is 22.2. The van der Waals surface area contributed by atoms with E-state index in [1.807, 2.05) is 31.2 Å². The minimum Gasteiger partial charge on any atom is -0.497 e. The Kier molecular flexibility index (Phi) is 8.73. The van der Waals surface area contributed by atoms with Crippen LogP contribution in [-0.4, -0.2) is 68.8 Å². The number of nitrogens with zero attached hydrogens (tertiary/aromatic N) is 2. The zero-order chi connectivity index (χ0) is 26.4. The number of nitrogens with one attached hydrogen (secondary N) is 1. The van der Waals surface area contributed by atoms with E-state index in [9.17, 15) is 9.59 Å². The number of aliphatic imine (C=N–C) groups is 1. The molecule has 1 N–H and O–H groups in total. The van der Waals surface area contributed by atoms with Crippen molar-refractivity contribution in [3.8, 4) is 11.5 Å². The van der Waals surface area contributed by atoms with E-state index < -0.39 is 5.97 Å². The van der Waals surface area contributed by atoms with Gasteiger partial charge in [-0.05, 0) is 43.2 Å². The van der Waals surface area contributed by atoms with Crippen LogP contribution in [0.2, 0.25) is 0 Å². The molecule has 1 saturated heterocycles. The average Bonchev–Trinajstić information content (AvgIpc) is 2.92. The van der Waals surface area contributed by atoms with Crippen LogP contribution in [0.15, 0.2) is 58.7 Å². The van der Waals surface area contributed by atoms with Gasteiger partial charge in [0, 0.05) is 31.2 Å². The van der Waals surface area contributed by atoms with Crippen LogP contribution < -0.4 is 14.8 Å². The maximum absolute atomic E-state index is 13.1. The van der Waals surface area contributed by atoms with Crippen molar-refractivity contribution in [3.05, 3.63) is 64.9 Å². The summed E-state index contributed by atoms with van der Waals surface area (Å²) in [5, 5.41) is 3.82. The fourth-order valence-corrected chi connectivity index (χ4v) is 5.33. The molecule has 1 atom stereocenters. The zero-order valence-electron chi connectivity index (χ0n) is 21.4. The summed E-state index contributed by atoms with van der Waals surface area (Å²) in [6, 6.07) is 12.2. The fourth-order valence-electron chi connectivity index (χ4n) is 4.31. The Morgan fingerprint density at radius 3 is 2.57 bits per heavy atom. The summed E-state index contributed by atoms with van der Waals surface area (Å²) >= 11 is 1.69. The lowest BCUT2D eigenvalue weighted by molar-refractivity contribution is -0.141. The highest BCUT2D eigenvalue weighted by Gasteiger charge is 2.37. The first-order chi connectivity index (χ1) is 18.0. The molecule has 37 heavy (non-hydrogen) atoms. The predicted molar refractivity (Wildman–Crippen MR) is 143 cm³/mol. The number of methoxy groups -OCH3 is 3. The Balaban J connectivity index is 1.58. The molecule has 2 aromatic carbocycles. The highest BCUT2D eigenvalue weighted by molar-refractivity contribution is 8.13. The Morgan fingerprint density at radius 1 is 1.08 bits per heavy atom. The molecule has 0 radical (unpaired) electrons. The maximum atomic E-state index is 13.1. The number of ether oxygens (including phenoxy) is 4. The van der Waals surface area contributed by atoms with Gasteiger partial charge in [0.25, 0.3) is 5.91 Å². The van der Waals surface area contributed by atoms with Gasteiger partial charge < -0.3 is 29.2 Å². The Bertz CT molecular complexity index is 1210.